The molecule has 0 N–H and O–H groups in total. The fourth-order valence-electron chi connectivity index (χ4n) is 7.71. The van der Waals surface area contributed by atoms with Crippen LogP contribution in [-0.4, -0.2) is 0 Å². The molecule has 0 bridgehead atoms. The fraction of sp³-hybridized carbons (Fsp3) is 0.163. The van der Waals surface area contributed by atoms with Gasteiger partial charge in [-0.15, -0.1) is 0 Å². The fourth-order valence-corrected chi connectivity index (χ4v) is 7.71. The summed E-state index contributed by atoms with van der Waals surface area (Å²) in [5.41, 5.74) is 12.9. The van der Waals surface area contributed by atoms with Gasteiger partial charge in [-0.3, -0.25) is 0 Å². The monoisotopic (exact) mass is 570 g/mol. The summed E-state index contributed by atoms with van der Waals surface area (Å²) >= 11 is 0. The van der Waals surface area contributed by atoms with E-state index >= 15 is 0 Å². The summed E-state index contributed by atoms with van der Waals surface area (Å²) in [6.07, 6.45) is 7.86. The number of allylic oxidation sites excluding steroid dienone is 4. The molecule has 0 saturated heterocycles. The second-order valence-electron chi connectivity index (χ2n) is 12.7. The molecule has 0 saturated carbocycles. The zero-order chi connectivity index (χ0) is 30.3. The van der Waals surface area contributed by atoms with Crippen LogP contribution in [0.25, 0.3) is 22.3 Å². The summed E-state index contributed by atoms with van der Waals surface area (Å²) in [5.74, 6) is 1.63. The lowest BCUT2D eigenvalue weighted by molar-refractivity contribution is 0.441. The lowest BCUT2D eigenvalue weighted by Crippen LogP contribution is -2.23. The SMILES string of the molecule is C=C(/C=C(\C=C/C)Oc1cccc(CC2(C)c3ccccc3-c3ccccc32)c1)CC1(C)c2ccccc2-c2ccccc21. The molecule has 1 nitrogen and oxygen atoms in total. The number of hydrogen-bond acceptors (Lipinski definition) is 1. The summed E-state index contributed by atoms with van der Waals surface area (Å²) in [6.45, 7) is 11.3. The van der Waals surface area contributed by atoms with E-state index in [1.54, 1.807) is 0 Å². The zero-order valence-corrected chi connectivity index (χ0v) is 25.8. The Morgan fingerprint density at radius 1 is 0.636 bits per heavy atom. The minimum absolute atomic E-state index is 0.106. The normalized spacial score (nSPS) is 15.4. The van der Waals surface area contributed by atoms with E-state index < -0.39 is 0 Å². The summed E-state index contributed by atoms with van der Waals surface area (Å²) in [6, 6.07) is 43.8. The van der Waals surface area contributed by atoms with Gasteiger partial charge in [0.1, 0.15) is 11.5 Å². The van der Waals surface area contributed by atoms with Gasteiger partial charge in [-0.1, -0.05) is 141 Å². The van der Waals surface area contributed by atoms with Gasteiger partial charge in [-0.25, -0.2) is 0 Å². The molecule has 2 aliphatic rings. The third-order valence-electron chi connectivity index (χ3n) is 9.62. The Balaban J connectivity index is 1.15. The molecule has 0 unspecified atom stereocenters. The van der Waals surface area contributed by atoms with Gasteiger partial charge in [0.25, 0.3) is 0 Å². The first kappa shape index (κ1) is 27.9. The van der Waals surface area contributed by atoms with Crippen molar-refractivity contribution >= 4 is 0 Å². The van der Waals surface area contributed by atoms with Crippen LogP contribution in [0.1, 0.15) is 55.0 Å². The van der Waals surface area contributed by atoms with Crippen molar-refractivity contribution in [1.82, 2.24) is 0 Å². The lowest BCUT2D eigenvalue weighted by atomic mass is 9.75. The predicted molar refractivity (Wildman–Crippen MR) is 184 cm³/mol. The molecule has 5 aromatic rings. The Kier molecular flexibility index (Phi) is 6.98. The van der Waals surface area contributed by atoms with E-state index in [4.69, 9.17) is 4.74 Å². The van der Waals surface area contributed by atoms with E-state index in [1.165, 1.54) is 50.1 Å². The average Bonchev–Trinajstić information content (AvgIpc) is 3.43. The molecule has 7 rings (SSSR count). The maximum absolute atomic E-state index is 6.55. The van der Waals surface area contributed by atoms with E-state index in [0.29, 0.717) is 0 Å². The summed E-state index contributed by atoms with van der Waals surface area (Å²) in [4.78, 5) is 0. The predicted octanol–water partition coefficient (Wildman–Crippen LogP) is 11.0. The van der Waals surface area contributed by atoms with Crippen LogP contribution < -0.4 is 4.74 Å². The van der Waals surface area contributed by atoms with Gasteiger partial charge in [-0.05, 0) is 94.1 Å². The number of benzene rings is 5. The maximum atomic E-state index is 6.55. The van der Waals surface area contributed by atoms with Crippen molar-refractivity contribution in [2.75, 3.05) is 0 Å². The van der Waals surface area contributed by atoms with Crippen molar-refractivity contribution in [1.29, 1.82) is 0 Å². The van der Waals surface area contributed by atoms with E-state index in [2.05, 4.69) is 142 Å². The molecule has 5 aromatic carbocycles. The first-order chi connectivity index (χ1) is 21.4. The molecule has 0 amide bonds. The number of ether oxygens (including phenoxy) is 1. The molecule has 44 heavy (non-hydrogen) atoms. The standard InChI is InChI=1S/C43H38O/c1-5-15-32(26-30(2)28-42(3)38-22-10-6-18-34(38)35-19-7-11-23-39(35)42)44-33-17-14-16-31(27-33)29-43(4)40-24-12-8-20-36(40)37-21-9-13-25-41(37)43/h5-27H,2,28-29H2,1,3-4H3/b15-5-,32-26+. The van der Waals surface area contributed by atoms with E-state index in [9.17, 15) is 0 Å². The van der Waals surface area contributed by atoms with Gasteiger partial charge in [0.2, 0.25) is 0 Å². The Bertz CT molecular complexity index is 1860. The second kappa shape index (κ2) is 11.0. The largest absolute Gasteiger partial charge is 0.457 e. The Morgan fingerprint density at radius 3 is 1.61 bits per heavy atom. The van der Waals surface area contributed by atoms with E-state index in [-0.39, 0.29) is 10.8 Å². The summed E-state index contributed by atoms with van der Waals surface area (Å²) in [5, 5.41) is 0. The van der Waals surface area contributed by atoms with Crippen LogP contribution in [0.2, 0.25) is 0 Å². The molecule has 0 atom stereocenters. The molecule has 0 aliphatic heterocycles. The molecule has 0 aromatic heterocycles. The molecule has 0 spiro atoms. The van der Waals surface area contributed by atoms with Gasteiger partial charge >= 0.3 is 0 Å². The van der Waals surface area contributed by atoms with Crippen LogP contribution in [0.3, 0.4) is 0 Å². The number of hydrogen-bond donors (Lipinski definition) is 0. The summed E-state index contributed by atoms with van der Waals surface area (Å²) < 4.78 is 6.55. The van der Waals surface area contributed by atoms with Crippen molar-refractivity contribution in [2.45, 2.75) is 44.4 Å². The molecular formula is C43H38O. The zero-order valence-electron chi connectivity index (χ0n) is 25.8. The molecule has 2 aliphatic carbocycles. The maximum Gasteiger partial charge on any atom is 0.127 e. The first-order valence-electron chi connectivity index (χ1n) is 15.6. The van der Waals surface area contributed by atoms with Crippen LogP contribution >= 0.6 is 0 Å². The number of fused-ring (bicyclic) bond motifs is 6. The van der Waals surface area contributed by atoms with E-state index in [1.807, 2.05) is 25.1 Å². The Hall–Kier alpha value is -4.88. The van der Waals surface area contributed by atoms with Gasteiger partial charge in [0.15, 0.2) is 0 Å². The van der Waals surface area contributed by atoms with Crippen LogP contribution in [0.5, 0.6) is 5.75 Å². The highest BCUT2D eigenvalue weighted by atomic mass is 16.5. The highest BCUT2D eigenvalue weighted by Gasteiger charge is 2.40. The Labute approximate surface area is 261 Å². The van der Waals surface area contributed by atoms with E-state index in [0.717, 1.165) is 29.9 Å². The minimum Gasteiger partial charge on any atom is -0.457 e. The smallest absolute Gasteiger partial charge is 0.127 e. The minimum atomic E-state index is -0.148. The van der Waals surface area contributed by atoms with Crippen LogP contribution in [0.4, 0.5) is 0 Å². The first-order valence-corrected chi connectivity index (χ1v) is 15.6. The third-order valence-corrected chi connectivity index (χ3v) is 9.62. The molecule has 0 fully saturated rings. The average molecular weight is 571 g/mol. The van der Waals surface area contributed by atoms with Gasteiger partial charge < -0.3 is 4.74 Å². The van der Waals surface area contributed by atoms with Crippen molar-refractivity contribution in [3.8, 4) is 28.0 Å². The third kappa shape index (κ3) is 4.64. The second-order valence-corrected chi connectivity index (χ2v) is 12.7. The van der Waals surface area contributed by atoms with Crippen LogP contribution in [0.15, 0.2) is 157 Å². The topological polar surface area (TPSA) is 9.23 Å². The van der Waals surface area contributed by atoms with Crippen molar-refractivity contribution in [3.05, 3.63) is 185 Å². The van der Waals surface area contributed by atoms with Crippen LogP contribution in [-0.2, 0) is 17.3 Å². The van der Waals surface area contributed by atoms with Crippen molar-refractivity contribution < 1.29 is 4.74 Å². The number of rotatable bonds is 8. The lowest BCUT2D eigenvalue weighted by Gasteiger charge is -2.28. The Morgan fingerprint density at radius 2 is 1.11 bits per heavy atom. The molecule has 216 valence electrons. The molecule has 1 heteroatoms. The quantitative estimate of drug-likeness (QED) is 0.133. The van der Waals surface area contributed by atoms with Crippen molar-refractivity contribution in [3.63, 3.8) is 0 Å². The molecular weight excluding hydrogens is 532 g/mol. The summed E-state index contributed by atoms with van der Waals surface area (Å²) in [7, 11) is 0. The molecule has 0 heterocycles. The highest BCUT2D eigenvalue weighted by Crippen LogP contribution is 2.52. The van der Waals surface area contributed by atoms with Crippen molar-refractivity contribution in [2.24, 2.45) is 0 Å². The van der Waals surface area contributed by atoms with Crippen LogP contribution in [0, 0.1) is 0 Å². The van der Waals surface area contributed by atoms with Gasteiger partial charge in [0, 0.05) is 10.8 Å². The van der Waals surface area contributed by atoms with Gasteiger partial charge in [0.05, 0.1) is 0 Å². The molecule has 0 radical (unpaired) electrons. The highest BCUT2D eigenvalue weighted by molar-refractivity contribution is 5.82. The van der Waals surface area contributed by atoms with Gasteiger partial charge in [-0.2, -0.15) is 0 Å².